The number of benzene rings is 3. The highest BCUT2D eigenvalue weighted by molar-refractivity contribution is 7.92. The van der Waals surface area contributed by atoms with E-state index in [2.05, 4.69) is 10.0 Å². The summed E-state index contributed by atoms with van der Waals surface area (Å²) in [5.41, 5.74) is 4.84. The molecule has 30 heavy (non-hydrogen) atoms. The zero-order chi connectivity index (χ0) is 21.9. The molecule has 0 aliphatic rings. The minimum absolute atomic E-state index is 0.101. The van der Waals surface area contributed by atoms with Crippen LogP contribution in [0.15, 0.2) is 65.6 Å². The Bertz CT molecular complexity index is 1190. The quantitative estimate of drug-likeness (QED) is 0.547. The molecule has 0 fully saturated rings. The Kier molecular flexibility index (Phi) is 6.48. The summed E-state index contributed by atoms with van der Waals surface area (Å²) in [6, 6.07) is 17.0. The Morgan fingerprint density at radius 1 is 0.900 bits per heavy atom. The number of sulfonamides is 1. The van der Waals surface area contributed by atoms with Gasteiger partial charge in [0.15, 0.2) is 0 Å². The van der Waals surface area contributed by atoms with Crippen molar-refractivity contribution in [2.45, 2.75) is 32.1 Å². The van der Waals surface area contributed by atoms with Gasteiger partial charge in [0.25, 0.3) is 10.0 Å². The van der Waals surface area contributed by atoms with Crippen LogP contribution in [-0.4, -0.2) is 14.3 Å². The SMILES string of the molecule is Cc1ccc(C)c(CC(=O)Nc2ccc(S(=O)(=O)Nc3ccc(Cl)cc3C)cc2)c1. The fraction of sp³-hybridized carbons (Fsp3) is 0.174. The second-order valence-electron chi connectivity index (χ2n) is 7.24. The lowest BCUT2D eigenvalue weighted by Gasteiger charge is -2.12. The molecule has 0 atom stereocenters. The van der Waals surface area contributed by atoms with Crippen molar-refractivity contribution in [1.82, 2.24) is 0 Å². The van der Waals surface area contributed by atoms with Gasteiger partial charge in [-0.25, -0.2) is 8.42 Å². The van der Waals surface area contributed by atoms with Gasteiger partial charge >= 0.3 is 0 Å². The van der Waals surface area contributed by atoms with Gasteiger partial charge in [0.05, 0.1) is 17.0 Å². The first-order chi connectivity index (χ1) is 14.1. The van der Waals surface area contributed by atoms with Gasteiger partial charge in [-0.2, -0.15) is 0 Å². The number of anilines is 2. The Balaban J connectivity index is 1.69. The molecule has 0 aliphatic carbocycles. The first-order valence-corrected chi connectivity index (χ1v) is 11.3. The molecule has 3 aromatic rings. The number of rotatable bonds is 6. The van der Waals surface area contributed by atoms with E-state index in [1.165, 1.54) is 12.1 Å². The van der Waals surface area contributed by atoms with Crippen LogP contribution >= 0.6 is 11.6 Å². The predicted octanol–water partition coefficient (Wildman–Crippen LogP) is 5.25. The summed E-state index contributed by atoms with van der Waals surface area (Å²) in [4.78, 5) is 12.5. The standard InChI is InChI=1S/C23H23ClN2O3S/c1-15-4-5-16(2)18(12-15)14-23(27)25-20-7-9-21(10-8-20)30(28,29)26-22-11-6-19(24)13-17(22)3/h4-13,26H,14H2,1-3H3,(H,25,27). The Morgan fingerprint density at radius 3 is 2.27 bits per heavy atom. The number of aryl methyl sites for hydroxylation is 3. The van der Waals surface area contributed by atoms with Crippen molar-refractivity contribution in [1.29, 1.82) is 0 Å². The lowest BCUT2D eigenvalue weighted by Crippen LogP contribution is -2.16. The van der Waals surface area contributed by atoms with Crippen molar-refractivity contribution in [3.8, 4) is 0 Å². The van der Waals surface area contributed by atoms with Crippen LogP contribution in [0.3, 0.4) is 0 Å². The van der Waals surface area contributed by atoms with Crippen LogP contribution in [0, 0.1) is 20.8 Å². The average Bonchev–Trinajstić information content (AvgIpc) is 2.67. The molecule has 0 unspecified atom stereocenters. The fourth-order valence-electron chi connectivity index (χ4n) is 3.03. The number of hydrogen-bond acceptors (Lipinski definition) is 3. The van der Waals surface area contributed by atoms with E-state index in [4.69, 9.17) is 11.6 Å². The molecular formula is C23H23ClN2O3S. The number of carbonyl (C=O) groups is 1. The highest BCUT2D eigenvalue weighted by Crippen LogP contribution is 2.23. The van der Waals surface area contributed by atoms with Crippen molar-refractivity contribution in [3.63, 3.8) is 0 Å². The second kappa shape index (κ2) is 8.90. The summed E-state index contributed by atoms with van der Waals surface area (Å²) < 4.78 is 27.9. The van der Waals surface area contributed by atoms with Crippen LogP contribution in [0.5, 0.6) is 0 Å². The van der Waals surface area contributed by atoms with Gasteiger partial charge in [-0.1, -0.05) is 35.4 Å². The van der Waals surface area contributed by atoms with Crippen LogP contribution in [0.2, 0.25) is 5.02 Å². The molecule has 0 bridgehead atoms. The van der Waals surface area contributed by atoms with Gasteiger partial charge in [0, 0.05) is 10.7 Å². The molecule has 0 aliphatic heterocycles. The number of halogens is 1. The molecule has 0 heterocycles. The fourth-order valence-corrected chi connectivity index (χ4v) is 4.39. The molecule has 0 saturated carbocycles. The third kappa shape index (κ3) is 5.40. The van der Waals surface area contributed by atoms with Gasteiger partial charge in [-0.3, -0.25) is 9.52 Å². The van der Waals surface area contributed by atoms with Gasteiger partial charge in [-0.15, -0.1) is 0 Å². The maximum Gasteiger partial charge on any atom is 0.261 e. The van der Waals surface area contributed by atoms with E-state index in [0.717, 1.165) is 22.3 Å². The molecule has 2 N–H and O–H groups in total. The molecule has 156 valence electrons. The average molecular weight is 443 g/mol. The lowest BCUT2D eigenvalue weighted by atomic mass is 10.0. The van der Waals surface area contributed by atoms with Crippen LogP contribution in [0.25, 0.3) is 0 Å². The summed E-state index contributed by atoms with van der Waals surface area (Å²) >= 11 is 5.92. The summed E-state index contributed by atoms with van der Waals surface area (Å²) in [5, 5.41) is 3.35. The lowest BCUT2D eigenvalue weighted by molar-refractivity contribution is -0.115. The van der Waals surface area contributed by atoms with Crippen molar-refractivity contribution in [2.24, 2.45) is 0 Å². The first kappa shape index (κ1) is 21.9. The molecule has 0 radical (unpaired) electrons. The van der Waals surface area contributed by atoms with E-state index in [0.29, 0.717) is 16.4 Å². The van der Waals surface area contributed by atoms with Crippen LogP contribution < -0.4 is 10.0 Å². The monoisotopic (exact) mass is 442 g/mol. The molecular weight excluding hydrogens is 420 g/mol. The van der Waals surface area contributed by atoms with Crippen LogP contribution in [0.4, 0.5) is 11.4 Å². The van der Waals surface area contributed by atoms with Crippen LogP contribution in [-0.2, 0) is 21.2 Å². The van der Waals surface area contributed by atoms with Gasteiger partial charge in [-0.05, 0) is 79.9 Å². The second-order valence-corrected chi connectivity index (χ2v) is 9.36. The van der Waals surface area contributed by atoms with E-state index in [1.807, 2.05) is 32.0 Å². The van der Waals surface area contributed by atoms with E-state index < -0.39 is 10.0 Å². The Hall–Kier alpha value is -2.83. The number of nitrogens with one attached hydrogen (secondary N) is 2. The van der Waals surface area contributed by atoms with Crippen molar-refractivity contribution >= 4 is 38.9 Å². The van der Waals surface area contributed by atoms with Crippen molar-refractivity contribution < 1.29 is 13.2 Å². The predicted molar refractivity (Wildman–Crippen MR) is 122 cm³/mol. The molecule has 0 aromatic heterocycles. The highest BCUT2D eigenvalue weighted by Gasteiger charge is 2.16. The van der Waals surface area contributed by atoms with E-state index in [1.54, 1.807) is 37.3 Å². The smallest absolute Gasteiger partial charge is 0.261 e. The van der Waals surface area contributed by atoms with E-state index >= 15 is 0 Å². The maximum atomic E-state index is 12.7. The Morgan fingerprint density at radius 2 is 1.60 bits per heavy atom. The largest absolute Gasteiger partial charge is 0.326 e. The number of hydrogen-bond donors (Lipinski definition) is 2. The maximum absolute atomic E-state index is 12.7. The van der Waals surface area contributed by atoms with Crippen molar-refractivity contribution in [3.05, 3.63) is 87.9 Å². The molecule has 0 saturated heterocycles. The summed E-state index contributed by atoms with van der Waals surface area (Å²) in [7, 11) is -3.76. The molecule has 1 amide bonds. The zero-order valence-corrected chi connectivity index (χ0v) is 18.6. The number of carbonyl (C=O) groups excluding carboxylic acids is 1. The molecule has 3 aromatic carbocycles. The normalized spacial score (nSPS) is 11.2. The van der Waals surface area contributed by atoms with E-state index in [9.17, 15) is 13.2 Å². The Labute approximate surface area is 182 Å². The zero-order valence-electron chi connectivity index (χ0n) is 17.0. The third-order valence-corrected chi connectivity index (χ3v) is 6.35. The highest BCUT2D eigenvalue weighted by atomic mass is 35.5. The number of amides is 1. The topological polar surface area (TPSA) is 75.3 Å². The van der Waals surface area contributed by atoms with E-state index in [-0.39, 0.29) is 17.2 Å². The first-order valence-electron chi connectivity index (χ1n) is 9.39. The van der Waals surface area contributed by atoms with Crippen LogP contribution in [0.1, 0.15) is 22.3 Å². The van der Waals surface area contributed by atoms with Gasteiger partial charge < -0.3 is 5.32 Å². The summed E-state index contributed by atoms with van der Waals surface area (Å²) in [6.45, 7) is 5.73. The molecule has 7 heteroatoms. The minimum Gasteiger partial charge on any atom is -0.326 e. The van der Waals surface area contributed by atoms with Crippen molar-refractivity contribution in [2.75, 3.05) is 10.0 Å². The summed E-state index contributed by atoms with van der Waals surface area (Å²) in [6.07, 6.45) is 0.255. The molecule has 5 nitrogen and oxygen atoms in total. The summed E-state index contributed by atoms with van der Waals surface area (Å²) in [5.74, 6) is -0.158. The van der Waals surface area contributed by atoms with Gasteiger partial charge in [0.1, 0.15) is 0 Å². The minimum atomic E-state index is -3.76. The molecule has 0 spiro atoms. The van der Waals surface area contributed by atoms with Gasteiger partial charge in [0.2, 0.25) is 5.91 Å². The third-order valence-electron chi connectivity index (χ3n) is 4.74. The molecule has 3 rings (SSSR count).